The lowest BCUT2D eigenvalue weighted by atomic mass is 9.86. The third kappa shape index (κ3) is 2.53. The van der Waals surface area contributed by atoms with Crippen LogP contribution in [0.5, 0.6) is 0 Å². The van der Waals surface area contributed by atoms with Crippen LogP contribution in [0, 0.1) is 0 Å². The summed E-state index contributed by atoms with van der Waals surface area (Å²) >= 11 is 0. The molecule has 2 unspecified atom stereocenters. The van der Waals surface area contributed by atoms with Gasteiger partial charge in [-0.2, -0.15) is 0 Å². The van der Waals surface area contributed by atoms with Crippen LogP contribution < -0.4 is 5.32 Å². The average molecular weight is 236 g/mol. The number of aromatic nitrogens is 2. The Morgan fingerprint density at radius 1 is 1.59 bits per heavy atom. The fourth-order valence-electron chi connectivity index (χ4n) is 2.78. The fraction of sp³-hybridized carbons (Fsp3) is 0.769. The molecule has 4 heteroatoms. The molecule has 2 atom stereocenters. The summed E-state index contributed by atoms with van der Waals surface area (Å²) in [4.78, 5) is 6.58. The van der Waals surface area contributed by atoms with Crippen LogP contribution in [0.15, 0.2) is 12.5 Å². The second kappa shape index (κ2) is 4.78. The summed E-state index contributed by atoms with van der Waals surface area (Å²) in [6.45, 7) is 7.82. The number of likely N-dealkylation sites (N-methyl/N-ethyl adjacent to an activating group) is 1. The molecular weight excluding hydrogens is 212 g/mol. The minimum absolute atomic E-state index is 0.247. The smallest absolute Gasteiger partial charge is 0.0951 e. The summed E-state index contributed by atoms with van der Waals surface area (Å²) in [6.07, 6.45) is 5.22. The Bertz CT molecular complexity index is 363. The van der Waals surface area contributed by atoms with Crippen LogP contribution in [-0.2, 0) is 5.41 Å². The molecule has 0 bridgehead atoms. The van der Waals surface area contributed by atoms with Gasteiger partial charge in [0.25, 0.3) is 0 Å². The maximum absolute atomic E-state index is 4.36. The molecule has 1 saturated heterocycles. The van der Waals surface area contributed by atoms with Crippen molar-refractivity contribution in [1.82, 2.24) is 19.8 Å². The lowest BCUT2D eigenvalue weighted by Crippen LogP contribution is -2.31. The van der Waals surface area contributed by atoms with Gasteiger partial charge in [-0.25, -0.2) is 4.98 Å². The Balaban J connectivity index is 2.22. The number of nitrogens with zero attached hydrogens (tertiary/aromatic N) is 3. The molecule has 1 aromatic rings. The summed E-state index contributed by atoms with van der Waals surface area (Å²) in [5, 5.41) is 3.46. The number of nitrogens with one attached hydrogen (secondary N) is 1. The third-order valence-electron chi connectivity index (χ3n) is 3.76. The normalized spacial score (nSPS) is 26.6. The van der Waals surface area contributed by atoms with Crippen LogP contribution in [0.4, 0.5) is 0 Å². The molecule has 0 amide bonds. The predicted octanol–water partition coefficient (Wildman–Crippen LogP) is 1.26. The second-order valence-corrected chi connectivity index (χ2v) is 5.78. The molecule has 2 heterocycles. The van der Waals surface area contributed by atoms with Gasteiger partial charge in [0.05, 0.1) is 6.33 Å². The van der Waals surface area contributed by atoms with Gasteiger partial charge in [-0.3, -0.25) is 0 Å². The van der Waals surface area contributed by atoms with E-state index in [9.17, 15) is 0 Å². The van der Waals surface area contributed by atoms with Crippen molar-refractivity contribution in [3.63, 3.8) is 0 Å². The Kier molecular flexibility index (Phi) is 3.54. The molecule has 1 aliphatic heterocycles. The summed E-state index contributed by atoms with van der Waals surface area (Å²) < 4.78 is 2.34. The molecule has 96 valence electrons. The van der Waals surface area contributed by atoms with Crippen LogP contribution in [-0.4, -0.2) is 48.2 Å². The van der Waals surface area contributed by atoms with Gasteiger partial charge >= 0.3 is 0 Å². The topological polar surface area (TPSA) is 33.1 Å². The molecule has 1 aliphatic rings. The van der Waals surface area contributed by atoms with Crippen LogP contribution in [0.2, 0.25) is 0 Å². The Hall–Kier alpha value is -0.870. The maximum atomic E-state index is 4.36. The SMILES string of the molecule is CC(CN(C)C)n1cncc1C1(C)CCNC1. The highest BCUT2D eigenvalue weighted by Gasteiger charge is 2.34. The zero-order valence-corrected chi connectivity index (χ0v) is 11.4. The van der Waals surface area contributed by atoms with E-state index in [0.717, 1.165) is 19.6 Å². The van der Waals surface area contributed by atoms with Gasteiger partial charge in [-0.15, -0.1) is 0 Å². The minimum Gasteiger partial charge on any atom is -0.330 e. The first-order chi connectivity index (χ1) is 8.03. The van der Waals surface area contributed by atoms with Crippen molar-refractivity contribution in [2.45, 2.75) is 31.7 Å². The van der Waals surface area contributed by atoms with Crippen molar-refractivity contribution in [3.05, 3.63) is 18.2 Å². The van der Waals surface area contributed by atoms with Crippen LogP contribution >= 0.6 is 0 Å². The van der Waals surface area contributed by atoms with Crippen LogP contribution in [0.3, 0.4) is 0 Å². The van der Waals surface area contributed by atoms with Crippen molar-refractivity contribution in [1.29, 1.82) is 0 Å². The Morgan fingerprint density at radius 2 is 2.35 bits per heavy atom. The van der Waals surface area contributed by atoms with E-state index >= 15 is 0 Å². The first kappa shape index (κ1) is 12.6. The molecule has 0 aliphatic carbocycles. The van der Waals surface area contributed by atoms with Crippen LogP contribution in [0.25, 0.3) is 0 Å². The number of imidazole rings is 1. The molecule has 0 aromatic carbocycles. The molecule has 0 saturated carbocycles. The molecule has 4 nitrogen and oxygen atoms in total. The second-order valence-electron chi connectivity index (χ2n) is 5.78. The van der Waals surface area contributed by atoms with Crippen molar-refractivity contribution in [3.8, 4) is 0 Å². The highest BCUT2D eigenvalue weighted by molar-refractivity contribution is 5.18. The van der Waals surface area contributed by atoms with Gasteiger partial charge in [0, 0.05) is 36.4 Å². The summed E-state index contributed by atoms with van der Waals surface area (Å²) in [7, 11) is 4.23. The van der Waals surface area contributed by atoms with Gasteiger partial charge in [0.1, 0.15) is 0 Å². The summed E-state index contributed by atoms with van der Waals surface area (Å²) in [5.74, 6) is 0. The van der Waals surface area contributed by atoms with E-state index in [1.807, 2.05) is 12.5 Å². The first-order valence-electron chi connectivity index (χ1n) is 6.41. The van der Waals surface area contributed by atoms with E-state index in [1.165, 1.54) is 12.1 Å². The quantitative estimate of drug-likeness (QED) is 0.854. The van der Waals surface area contributed by atoms with E-state index in [4.69, 9.17) is 0 Å². The van der Waals surface area contributed by atoms with Gasteiger partial charge in [0.2, 0.25) is 0 Å². The summed E-state index contributed by atoms with van der Waals surface area (Å²) in [5.41, 5.74) is 1.62. The monoisotopic (exact) mass is 236 g/mol. The van der Waals surface area contributed by atoms with E-state index < -0.39 is 0 Å². The number of hydrogen-bond acceptors (Lipinski definition) is 3. The molecule has 0 spiro atoms. The van der Waals surface area contributed by atoms with E-state index in [1.54, 1.807) is 0 Å². The summed E-state index contributed by atoms with van der Waals surface area (Å²) in [6, 6.07) is 0.472. The first-order valence-corrected chi connectivity index (χ1v) is 6.41. The highest BCUT2D eigenvalue weighted by Crippen LogP contribution is 2.31. The third-order valence-corrected chi connectivity index (χ3v) is 3.76. The van der Waals surface area contributed by atoms with Crippen LogP contribution in [0.1, 0.15) is 32.0 Å². The molecule has 1 aromatic heterocycles. The maximum Gasteiger partial charge on any atom is 0.0951 e. The van der Waals surface area contributed by atoms with E-state index in [2.05, 4.69) is 47.7 Å². The lowest BCUT2D eigenvalue weighted by Gasteiger charge is -2.28. The number of hydrogen-bond donors (Lipinski definition) is 1. The molecular formula is C13H24N4. The largest absolute Gasteiger partial charge is 0.330 e. The van der Waals surface area contributed by atoms with Crippen molar-refractivity contribution < 1.29 is 0 Å². The molecule has 1 N–H and O–H groups in total. The average Bonchev–Trinajstić information content (AvgIpc) is 2.84. The van der Waals surface area contributed by atoms with Gasteiger partial charge in [-0.1, -0.05) is 6.92 Å². The van der Waals surface area contributed by atoms with E-state index in [0.29, 0.717) is 6.04 Å². The van der Waals surface area contributed by atoms with Gasteiger partial charge < -0.3 is 14.8 Å². The molecule has 17 heavy (non-hydrogen) atoms. The number of rotatable bonds is 4. The van der Waals surface area contributed by atoms with Gasteiger partial charge in [0.15, 0.2) is 0 Å². The minimum atomic E-state index is 0.247. The van der Waals surface area contributed by atoms with Gasteiger partial charge in [-0.05, 0) is 34.0 Å². The Morgan fingerprint density at radius 3 is 2.94 bits per heavy atom. The van der Waals surface area contributed by atoms with E-state index in [-0.39, 0.29) is 5.41 Å². The highest BCUT2D eigenvalue weighted by atomic mass is 15.2. The zero-order valence-electron chi connectivity index (χ0n) is 11.4. The predicted molar refractivity (Wildman–Crippen MR) is 70.3 cm³/mol. The zero-order chi connectivity index (χ0) is 12.5. The van der Waals surface area contributed by atoms with Crippen molar-refractivity contribution in [2.24, 2.45) is 0 Å². The Labute approximate surface area is 104 Å². The molecule has 1 fully saturated rings. The van der Waals surface area contributed by atoms with Crippen molar-refractivity contribution in [2.75, 3.05) is 33.7 Å². The molecule has 2 rings (SSSR count). The molecule has 0 radical (unpaired) electrons. The van der Waals surface area contributed by atoms with Crippen molar-refractivity contribution >= 4 is 0 Å². The lowest BCUT2D eigenvalue weighted by molar-refractivity contribution is 0.323. The fourth-order valence-corrected chi connectivity index (χ4v) is 2.78. The standard InChI is InChI=1S/C13H24N4/c1-11(8-16(3)4)17-10-15-7-12(17)13(2)5-6-14-9-13/h7,10-11,14H,5-6,8-9H2,1-4H3.